The van der Waals surface area contributed by atoms with Crippen LogP contribution in [0.2, 0.25) is 0 Å². The first-order chi connectivity index (χ1) is 8.45. The number of hydrogen-bond donors (Lipinski definition) is 1. The molecule has 0 heterocycles. The van der Waals surface area contributed by atoms with Gasteiger partial charge < -0.3 is 10.5 Å². The fourth-order valence-corrected chi connectivity index (χ4v) is 1.96. The molecule has 0 radical (unpaired) electrons. The van der Waals surface area contributed by atoms with E-state index < -0.39 is 0 Å². The molecule has 2 heteroatoms. The Hall–Kier alpha value is -1.02. The van der Waals surface area contributed by atoms with Gasteiger partial charge in [-0.25, -0.2) is 0 Å². The van der Waals surface area contributed by atoms with Gasteiger partial charge in [0.15, 0.2) is 0 Å². The number of unbranched alkanes of at least 4 members (excludes halogenated alkanes) is 2. The zero-order chi connectivity index (χ0) is 13.6. The van der Waals surface area contributed by atoms with Crippen LogP contribution in [0.3, 0.4) is 0 Å². The van der Waals surface area contributed by atoms with Crippen LogP contribution in [0.4, 0.5) is 0 Å². The number of rotatable bonds is 6. The molecule has 0 saturated heterocycles. The molecule has 1 aromatic rings. The van der Waals surface area contributed by atoms with Crippen LogP contribution in [-0.4, -0.2) is 13.2 Å². The molecule has 0 bridgehead atoms. The number of nitrogens with two attached hydrogens (primary N) is 1. The third-order valence-corrected chi connectivity index (χ3v) is 3.05. The Morgan fingerprint density at radius 3 is 2.44 bits per heavy atom. The predicted octanol–water partition coefficient (Wildman–Crippen LogP) is 3.80. The Morgan fingerprint density at radius 2 is 1.83 bits per heavy atom. The first-order valence-electron chi connectivity index (χ1n) is 6.89. The number of benzene rings is 1. The Balaban J connectivity index is 2.65. The lowest BCUT2D eigenvalue weighted by Gasteiger charge is -2.23. The van der Waals surface area contributed by atoms with Gasteiger partial charge in [-0.2, -0.15) is 0 Å². The molecule has 0 atom stereocenters. The SMILES string of the molecule is Cc1ccc(OCCCCCN)c(C(C)(C)C)c1. The van der Waals surface area contributed by atoms with Crippen LogP contribution in [0.25, 0.3) is 0 Å². The van der Waals surface area contributed by atoms with E-state index in [0.717, 1.165) is 38.2 Å². The molecule has 0 aromatic heterocycles. The number of hydrogen-bond acceptors (Lipinski definition) is 2. The van der Waals surface area contributed by atoms with Gasteiger partial charge in [-0.3, -0.25) is 0 Å². The topological polar surface area (TPSA) is 35.2 Å². The van der Waals surface area contributed by atoms with Gasteiger partial charge in [-0.05, 0) is 49.8 Å². The van der Waals surface area contributed by atoms with E-state index in [1.54, 1.807) is 0 Å². The van der Waals surface area contributed by atoms with Crippen LogP contribution in [0.5, 0.6) is 5.75 Å². The van der Waals surface area contributed by atoms with Crippen LogP contribution in [0, 0.1) is 6.92 Å². The third-order valence-electron chi connectivity index (χ3n) is 3.05. The van der Waals surface area contributed by atoms with Crippen molar-refractivity contribution in [2.45, 2.75) is 52.4 Å². The third kappa shape index (κ3) is 4.69. The zero-order valence-electron chi connectivity index (χ0n) is 12.3. The zero-order valence-corrected chi connectivity index (χ0v) is 12.3. The summed E-state index contributed by atoms with van der Waals surface area (Å²) in [5.41, 5.74) is 8.18. The maximum atomic E-state index is 5.92. The molecule has 0 unspecified atom stereocenters. The van der Waals surface area contributed by atoms with Crippen LogP contribution in [0.15, 0.2) is 18.2 Å². The molecule has 0 aliphatic rings. The Bertz CT molecular complexity index is 366. The van der Waals surface area contributed by atoms with E-state index in [1.165, 1.54) is 11.1 Å². The minimum Gasteiger partial charge on any atom is -0.493 e. The summed E-state index contributed by atoms with van der Waals surface area (Å²) >= 11 is 0. The summed E-state index contributed by atoms with van der Waals surface area (Å²) in [7, 11) is 0. The monoisotopic (exact) mass is 249 g/mol. The summed E-state index contributed by atoms with van der Waals surface area (Å²) in [5.74, 6) is 1.03. The van der Waals surface area contributed by atoms with Gasteiger partial charge in [0.25, 0.3) is 0 Å². The second-order valence-electron chi connectivity index (χ2n) is 5.95. The van der Waals surface area contributed by atoms with Gasteiger partial charge in [0.2, 0.25) is 0 Å². The minimum atomic E-state index is 0.124. The lowest BCUT2D eigenvalue weighted by molar-refractivity contribution is 0.297. The molecular weight excluding hydrogens is 222 g/mol. The van der Waals surface area contributed by atoms with Crippen molar-refractivity contribution in [3.63, 3.8) is 0 Å². The Labute approximate surface area is 112 Å². The highest BCUT2D eigenvalue weighted by Crippen LogP contribution is 2.32. The van der Waals surface area contributed by atoms with E-state index in [-0.39, 0.29) is 5.41 Å². The highest BCUT2D eigenvalue weighted by Gasteiger charge is 2.18. The van der Waals surface area contributed by atoms with Crippen LogP contribution in [0.1, 0.15) is 51.2 Å². The van der Waals surface area contributed by atoms with Gasteiger partial charge in [0.1, 0.15) is 5.75 Å². The first kappa shape index (κ1) is 15.0. The van der Waals surface area contributed by atoms with Crippen molar-refractivity contribution < 1.29 is 4.74 Å². The average Bonchev–Trinajstić information content (AvgIpc) is 2.29. The van der Waals surface area contributed by atoms with Gasteiger partial charge in [0.05, 0.1) is 6.61 Å². The Kier molecular flexibility index (Phi) is 5.67. The fourth-order valence-electron chi connectivity index (χ4n) is 1.96. The molecule has 0 spiro atoms. The van der Waals surface area contributed by atoms with E-state index >= 15 is 0 Å². The van der Waals surface area contributed by atoms with Crippen molar-refractivity contribution in [1.29, 1.82) is 0 Å². The molecule has 0 saturated carbocycles. The van der Waals surface area contributed by atoms with Crippen molar-refractivity contribution in [2.24, 2.45) is 5.73 Å². The Morgan fingerprint density at radius 1 is 1.11 bits per heavy atom. The summed E-state index contributed by atoms with van der Waals surface area (Å²) in [5, 5.41) is 0. The van der Waals surface area contributed by atoms with Crippen molar-refractivity contribution >= 4 is 0 Å². The first-order valence-corrected chi connectivity index (χ1v) is 6.89. The van der Waals surface area contributed by atoms with E-state index in [0.29, 0.717) is 0 Å². The molecular formula is C16H27NO. The maximum Gasteiger partial charge on any atom is 0.123 e. The van der Waals surface area contributed by atoms with Gasteiger partial charge in [0, 0.05) is 0 Å². The molecule has 0 amide bonds. The fraction of sp³-hybridized carbons (Fsp3) is 0.625. The molecule has 2 nitrogen and oxygen atoms in total. The second kappa shape index (κ2) is 6.79. The van der Waals surface area contributed by atoms with Crippen molar-refractivity contribution in [1.82, 2.24) is 0 Å². The van der Waals surface area contributed by atoms with E-state index in [1.807, 2.05) is 0 Å². The molecule has 1 aromatic carbocycles. The number of aryl methyl sites for hydroxylation is 1. The van der Waals surface area contributed by atoms with Crippen molar-refractivity contribution in [3.8, 4) is 5.75 Å². The normalized spacial score (nSPS) is 11.6. The van der Waals surface area contributed by atoms with Gasteiger partial charge in [-0.15, -0.1) is 0 Å². The van der Waals surface area contributed by atoms with Gasteiger partial charge in [-0.1, -0.05) is 38.5 Å². The van der Waals surface area contributed by atoms with Gasteiger partial charge >= 0.3 is 0 Å². The quantitative estimate of drug-likeness (QED) is 0.778. The summed E-state index contributed by atoms with van der Waals surface area (Å²) < 4.78 is 5.92. The molecule has 102 valence electrons. The molecule has 0 aliphatic heterocycles. The average molecular weight is 249 g/mol. The summed E-state index contributed by atoms with van der Waals surface area (Å²) in [6.07, 6.45) is 3.31. The van der Waals surface area contributed by atoms with E-state index in [4.69, 9.17) is 10.5 Å². The van der Waals surface area contributed by atoms with E-state index in [2.05, 4.69) is 45.9 Å². The van der Waals surface area contributed by atoms with Crippen molar-refractivity contribution in [2.75, 3.05) is 13.2 Å². The highest BCUT2D eigenvalue weighted by atomic mass is 16.5. The smallest absolute Gasteiger partial charge is 0.123 e. The number of ether oxygens (including phenoxy) is 1. The minimum absolute atomic E-state index is 0.124. The molecule has 2 N–H and O–H groups in total. The molecule has 1 rings (SSSR count). The summed E-state index contributed by atoms with van der Waals surface area (Å²) in [6.45, 7) is 10.4. The lowest BCUT2D eigenvalue weighted by Crippen LogP contribution is -2.14. The van der Waals surface area contributed by atoms with E-state index in [9.17, 15) is 0 Å². The largest absolute Gasteiger partial charge is 0.493 e. The van der Waals surface area contributed by atoms with Crippen molar-refractivity contribution in [3.05, 3.63) is 29.3 Å². The highest BCUT2D eigenvalue weighted by molar-refractivity contribution is 5.41. The van der Waals surface area contributed by atoms with Crippen LogP contribution in [-0.2, 0) is 5.41 Å². The summed E-state index contributed by atoms with van der Waals surface area (Å²) in [4.78, 5) is 0. The standard InChI is InChI=1S/C16H27NO/c1-13-8-9-15(14(12-13)16(2,3)4)18-11-7-5-6-10-17/h8-9,12H,5-7,10-11,17H2,1-4H3. The summed E-state index contributed by atoms with van der Waals surface area (Å²) in [6, 6.07) is 6.44. The van der Waals surface area contributed by atoms with Crippen LogP contribution < -0.4 is 10.5 Å². The van der Waals surface area contributed by atoms with Crippen LogP contribution >= 0.6 is 0 Å². The predicted molar refractivity (Wildman–Crippen MR) is 78.3 cm³/mol. The second-order valence-corrected chi connectivity index (χ2v) is 5.95. The molecule has 0 aliphatic carbocycles. The maximum absolute atomic E-state index is 5.92. The lowest BCUT2D eigenvalue weighted by atomic mass is 9.85. The molecule has 0 fully saturated rings. The molecule has 18 heavy (non-hydrogen) atoms.